The van der Waals surface area contributed by atoms with Crippen LogP contribution in [-0.2, 0) is 24.1 Å². The Morgan fingerprint density at radius 1 is 1.00 bits per heavy atom. The Labute approximate surface area is 222 Å². The molecular formula is C29H29ClO6S. The van der Waals surface area contributed by atoms with E-state index in [-0.39, 0.29) is 28.0 Å². The van der Waals surface area contributed by atoms with Crippen molar-refractivity contribution in [3.8, 4) is 0 Å². The van der Waals surface area contributed by atoms with E-state index in [9.17, 15) is 18.3 Å². The van der Waals surface area contributed by atoms with Crippen molar-refractivity contribution in [3.63, 3.8) is 0 Å². The van der Waals surface area contributed by atoms with Crippen molar-refractivity contribution >= 4 is 27.4 Å². The molecule has 4 unspecified atom stereocenters. The molecule has 2 fully saturated rings. The Kier molecular flexibility index (Phi) is 7.16. The highest BCUT2D eigenvalue weighted by Crippen LogP contribution is 2.55. The van der Waals surface area contributed by atoms with Gasteiger partial charge in [-0.1, -0.05) is 78.3 Å². The molecule has 1 saturated carbocycles. The van der Waals surface area contributed by atoms with Gasteiger partial charge in [0.05, 0.1) is 15.8 Å². The third-order valence-electron chi connectivity index (χ3n) is 7.37. The van der Waals surface area contributed by atoms with Gasteiger partial charge < -0.3 is 14.6 Å². The summed E-state index contributed by atoms with van der Waals surface area (Å²) >= 11 is 6.21. The predicted molar refractivity (Wildman–Crippen MR) is 140 cm³/mol. The van der Waals surface area contributed by atoms with Gasteiger partial charge in [-0.2, -0.15) is 0 Å². The molecule has 1 aliphatic carbocycles. The zero-order chi connectivity index (χ0) is 26.2. The molecule has 1 saturated heterocycles. The van der Waals surface area contributed by atoms with Crippen LogP contribution in [0.3, 0.4) is 0 Å². The molecule has 0 radical (unpaired) electrons. The molecule has 4 atom stereocenters. The molecule has 37 heavy (non-hydrogen) atoms. The Morgan fingerprint density at radius 2 is 1.57 bits per heavy atom. The Balaban J connectivity index is 1.36. The summed E-state index contributed by atoms with van der Waals surface area (Å²) in [4.78, 5) is 12.2. The first kappa shape index (κ1) is 25.9. The first-order valence-electron chi connectivity index (χ1n) is 12.3. The summed E-state index contributed by atoms with van der Waals surface area (Å²) in [5.74, 6) is -2.52. The van der Waals surface area contributed by atoms with Crippen LogP contribution in [-0.4, -0.2) is 31.5 Å². The third-order valence-corrected chi connectivity index (χ3v) is 8.95. The number of hydrogen-bond donors (Lipinski definition) is 1. The summed E-state index contributed by atoms with van der Waals surface area (Å²) in [7, 11) is -3.50. The zero-order valence-corrected chi connectivity index (χ0v) is 22.0. The van der Waals surface area contributed by atoms with Crippen LogP contribution in [0.15, 0.2) is 83.8 Å². The van der Waals surface area contributed by atoms with Gasteiger partial charge in [0.1, 0.15) is 12.2 Å². The standard InChI is InChI=1S/C29H29ClO6S/c1-37(33,34)25-13-12-22(17-24(25)30)23(28(31)32)16-19-14-15-29(18-19)35-26(20-8-4-2-5-9-20)27(36-29)21-10-6-3-7-11-21/h2-13,17,19,23,26-27H,14-16,18H2,1H3,(H,31,32). The number of hydrogen-bond acceptors (Lipinski definition) is 5. The van der Waals surface area contributed by atoms with E-state index in [0.717, 1.165) is 23.8 Å². The highest BCUT2D eigenvalue weighted by Gasteiger charge is 2.52. The van der Waals surface area contributed by atoms with Gasteiger partial charge >= 0.3 is 5.97 Å². The summed E-state index contributed by atoms with van der Waals surface area (Å²) in [5, 5.41) is 10.1. The second kappa shape index (κ2) is 10.2. The number of carboxylic acid groups (broad SMARTS) is 1. The van der Waals surface area contributed by atoms with E-state index in [2.05, 4.69) is 0 Å². The molecule has 8 heteroatoms. The highest BCUT2D eigenvalue weighted by atomic mass is 35.5. The molecule has 3 aromatic rings. The lowest BCUT2D eigenvalue weighted by atomic mass is 9.88. The number of halogens is 1. The topological polar surface area (TPSA) is 89.9 Å². The van der Waals surface area contributed by atoms with Crippen molar-refractivity contribution < 1.29 is 27.8 Å². The average Bonchev–Trinajstić information content (AvgIpc) is 3.45. The molecule has 6 nitrogen and oxygen atoms in total. The Bertz CT molecular complexity index is 1330. The van der Waals surface area contributed by atoms with E-state index in [4.69, 9.17) is 21.1 Å². The van der Waals surface area contributed by atoms with Crippen molar-refractivity contribution in [1.29, 1.82) is 0 Å². The van der Waals surface area contributed by atoms with E-state index in [0.29, 0.717) is 24.8 Å². The molecule has 194 valence electrons. The van der Waals surface area contributed by atoms with Crippen molar-refractivity contribution in [2.75, 3.05) is 6.26 Å². The number of benzene rings is 3. The van der Waals surface area contributed by atoms with Gasteiger partial charge in [-0.25, -0.2) is 8.42 Å². The van der Waals surface area contributed by atoms with E-state index in [1.165, 1.54) is 12.1 Å². The molecule has 3 aromatic carbocycles. The van der Waals surface area contributed by atoms with Gasteiger partial charge in [0.15, 0.2) is 15.6 Å². The van der Waals surface area contributed by atoms with Crippen molar-refractivity contribution in [2.45, 2.75) is 54.5 Å². The van der Waals surface area contributed by atoms with Gasteiger partial charge in [-0.15, -0.1) is 0 Å². The SMILES string of the molecule is CS(=O)(=O)c1ccc(C(CC2CCC3(C2)OC(c2ccccc2)C(c2ccccc2)O3)C(=O)O)cc1Cl. The van der Waals surface area contributed by atoms with Crippen LogP contribution in [0, 0.1) is 5.92 Å². The van der Waals surface area contributed by atoms with Gasteiger partial charge in [-0.05, 0) is 47.6 Å². The number of sulfone groups is 1. The molecule has 1 N–H and O–H groups in total. The first-order chi connectivity index (χ1) is 17.7. The minimum atomic E-state index is -3.50. The van der Waals surface area contributed by atoms with Crippen LogP contribution < -0.4 is 0 Å². The van der Waals surface area contributed by atoms with Crippen molar-refractivity contribution in [1.82, 2.24) is 0 Å². The lowest BCUT2D eigenvalue weighted by Gasteiger charge is -2.24. The number of ether oxygens (including phenoxy) is 2. The van der Waals surface area contributed by atoms with E-state index in [1.807, 2.05) is 60.7 Å². The monoisotopic (exact) mass is 540 g/mol. The predicted octanol–water partition coefficient (Wildman–Crippen LogP) is 6.33. The molecule has 0 amide bonds. The highest BCUT2D eigenvalue weighted by molar-refractivity contribution is 7.90. The van der Waals surface area contributed by atoms with Crippen molar-refractivity contribution in [2.24, 2.45) is 5.92 Å². The number of carboxylic acids is 1. The zero-order valence-electron chi connectivity index (χ0n) is 20.4. The molecule has 0 aromatic heterocycles. The van der Waals surface area contributed by atoms with Crippen LogP contribution in [0.5, 0.6) is 0 Å². The fourth-order valence-corrected chi connectivity index (χ4v) is 6.95. The number of carbonyl (C=O) groups is 1. The second-order valence-corrected chi connectivity index (χ2v) is 12.4. The van der Waals surface area contributed by atoms with Gasteiger partial charge in [-0.3, -0.25) is 4.79 Å². The molecule has 5 rings (SSSR count). The molecule has 2 aliphatic rings. The molecular weight excluding hydrogens is 512 g/mol. The normalized spacial score (nSPS) is 26.4. The molecule has 0 bridgehead atoms. The maximum absolute atomic E-state index is 12.2. The average molecular weight is 541 g/mol. The maximum Gasteiger partial charge on any atom is 0.310 e. The lowest BCUT2D eigenvalue weighted by molar-refractivity contribution is -0.173. The fraction of sp³-hybridized carbons (Fsp3) is 0.345. The minimum Gasteiger partial charge on any atom is -0.481 e. The van der Waals surface area contributed by atoms with Gasteiger partial charge in [0, 0.05) is 19.1 Å². The van der Waals surface area contributed by atoms with Crippen LogP contribution in [0.25, 0.3) is 0 Å². The summed E-state index contributed by atoms with van der Waals surface area (Å²) in [6, 6.07) is 24.4. The van der Waals surface area contributed by atoms with Crippen LogP contribution in [0.4, 0.5) is 0 Å². The van der Waals surface area contributed by atoms with E-state index >= 15 is 0 Å². The van der Waals surface area contributed by atoms with Gasteiger partial charge in [0.2, 0.25) is 0 Å². The lowest BCUT2D eigenvalue weighted by Crippen LogP contribution is -2.27. The van der Waals surface area contributed by atoms with Crippen LogP contribution in [0.1, 0.15) is 60.5 Å². The van der Waals surface area contributed by atoms with Crippen LogP contribution >= 0.6 is 11.6 Å². The summed E-state index contributed by atoms with van der Waals surface area (Å²) in [6.07, 6.45) is 2.95. The Morgan fingerprint density at radius 3 is 2.05 bits per heavy atom. The van der Waals surface area contributed by atoms with Crippen molar-refractivity contribution in [3.05, 3.63) is 101 Å². The number of aliphatic carboxylic acids is 1. The van der Waals surface area contributed by atoms with Crippen LogP contribution in [0.2, 0.25) is 5.02 Å². The minimum absolute atomic E-state index is 0.00598. The third kappa shape index (κ3) is 5.46. The largest absolute Gasteiger partial charge is 0.481 e. The molecule has 1 spiro atoms. The molecule has 1 aliphatic heterocycles. The summed E-state index contributed by atoms with van der Waals surface area (Å²) < 4.78 is 37.2. The first-order valence-corrected chi connectivity index (χ1v) is 14.6. The maximum atomic E-state index is 12.2. The fourth-order valence-electron chi connectivity index (χ4n) is 5.62. The van der Waals surface area contributed by atoms with E-state index in [1.54, 1.807) is 6.07 Å². The van der Waals surface area contributed by atoms with Gasteiger partial charge in [0.25, 0.3) is 0 Å². The summed E-state index contributed by atoms with van der Waals surface area (Å²) in [6.45, 7) is 0. The Hall–Kier alpha value is -2.71. The number of rotatable bonds is 7. The molecule has 1 heterocycles. The summed E-state index contributed by atoms with van der Waals surface area (Å²) in [5.41, 5.74) is 2.57. The quantitative estimate of drug-likeness (QED) is 0.377. The smallest absolute Gasteiger partial charge is 0.310 e. The second-order valence-electron chi connectivity index (χ2n) is 10.0. The van der Waals surface area contributed by atoms with E-state index < -0.39 is 27.5 Å².